The van der Waals surface area contributed by atoms with Gasteiger partial charge < -0.3 is 10.1 Å². The summed E-state index contributed by atoms with van der Waals surface area (Å²) in [6.07, 6.45) is 0. The summed E-state index contributed by atoms with van der Waals surface area (Å²) in [6, 6.07) is 12.5. The normalized spacial score (nSPS) is 10.1. The van der Waals surface area contributed by atoms with Crippen molar-refractivity contribution < 1.29 is 14.3 Å². The number of anilines is 1. The molecular weight excluding hydrogens is 278 g/mol. The quantitative estimate of drug-likeness (QED) is 0.875. The second kappa shape index (κ2) is 6.89. The van der Waals surface area contributed by atoms with E-state index >= 15 is 0 Å². The number of hydrogen-bond acceptors (Lipinski definition) is 3. The van der Waals surface area contributed by atoms with E-state index < -0.39 is 5.97 Å². The lowest BCUT2D eigenvalue weighted by molar-refractivity contribution is 0.0526. The largest absolute Gasteiger partial charge is 0.462 e. The van der Waals surface area contributed by atoms with Gasteiger partial charge in [0.05, 0.1) is 12.2 Å². The van der Waals surface area contributed by atoms with Gasteiger partial charge in [0.15, 0.2) is 0 Å². The van der Waals surface area contributed by atoms with Crippen molar-refractivity contribution in [2.75, 3.05) is 11.9 Å². The smallest absolute Gasteiger partial charge is 0.338 e. The van der Waals surface area contributed by atoms with E-state index in [9.17, 15) is 9.59 Å². The molecule has 0 atom stereocenters. The van der Waals surface area contributed by atoms with E-state index in [1.165, 1.54) is 0 Å². The molecule has 114 valence electrons. The number of carbonyl (C=O) groups excluding carboxylic acids is 2. The zero-order valence-corrected chi connectivity index (χ0v) is 13.0. The van der Waals surface area contributed by atoms with Gasteiger partial charge in [-0.15, -0.1) is 0 Å². The highest BCUT2D eigenvalue weighted by Gasteiger charge is 2.13. The lowest BCUT2D eigenvalue weighted by Gasteiger charge is -2.11. The van der Waals surface area contributed by atoms with Crippen LogP contribution >= 0.6 is 0 Å². The van der Waals surface area contributed by atoms with Gasteiger partial charge in [-0.05, 0) is 50.1 Å². The Morgan fingerprint density at radius 2 is 1.77 bits per heavy atom. The van der Waals surface area contributed by atoms with Crippen molar-refractivity contribution in [3.8, 4) is 0 Å². The number of rotatable bonds is 4. The van der Waals surface area contributed by atoms with Crippen LogP contribution in [0, 0.1) is 13.8 Å². The van der Waals surface area contributed by atoms with E-state index in [1.54, 1.807) is 31.2 Å². The molecule has 0 bridgehead atoms. The second-order valence-electron chi connectivity index (χ2n) is 5.02. The molecule has 0 aliphatic heterocycles. The van der Waals surface area contributed by atoms with Gasteiger partial charge in [-0.2, -0.15) is 0 Å². The van der Waals surface area contributed by atoms with E-state index in [2.05, 4.69) is 5.32 Å². The Bertz CT molecular complexity index is 707. The molecular formula is C18H19NO3. The van der Waals surface area contributed by atoms with Gasteiger partial charge in [-0.3, -0.25) is 4.79 Å². The van der Waals surface area contributed by atoms with Gasteiger partial charge in [-0.25, -0.2) is 4.79 Å². The van der Waals surface area contributed by atoms with Crippen LogP contribution in [0.2, 0.25) is 0 Å². The molecule has 0 aliphatic carbocycles. The van der Waals surface area contributed by atoms with Crippen LogP contribution in [0.25, 0.3) is 0 Å². The van der Waals surface area contributed by atoms with Gasteiger partial charge in [0, 0.05) is 11.3 Å². The zero-order chi connectivity index (χ0) is 16.1. The Hall–Kier alpha value is -2.62. The summed E-state index contributed by atoms with van der Waals surface area (Å²) >= 11 is 0. The number of ether oxygens (including phenoxy) is 1. The highest BCUT2D eigenvalue weighted by Crippen LogP contribution is 2.19. The average Bonchev–Trinajstić information content (AvgIpc) is 2.50. The standard InChI is InChI=1S/C18H19NO3/c1-4-22-18(21)14-10-9-13(3)16(11-14)19-17(20)15-8-6-5-7-12(15)2/h5-11H,4H2,1-3H3,(H,19,20). The summed E-state index contributed by atoms with van der Waals surface area (Å²) in [4.78, 5) is 24.1. The molecule has 2 rings (SSSR count). The first-order valence-electron chi connectivity index (χ1n) is 7.17. The van der Waals surface area contributed by atoms with Gasteiger partial charge in [0.1, 0.15) is 0 Å². The van der Waals surface area contributed by atoms with Crippen molar-refractivity contribution in [3.05, 3.63) is 64.7 Å². The molecule has 2 aromatic carbocycles. The minimum atomic E-state index is -0.395. The monoisotopic (exact) mass is 297 g/mol. The van der Waals surface area contributed by atoms with Crippen LogP contribution in [-0.2, 0) is 4.74 Å². The first-order chi connectivity index (χ1) is 10.5. The molecule has 22 heavy (non-hydrogen) atoms. The zero-order valence-electron chi connectivity index (χ0n) is 13.0. The maximum atomic E-state index is 12.4. The third-order valence-electron chi connectivity index (χ3n) is 3.39. The van der Waals surface area contributed by atoms with Gasteiger partial charge in [0.25, 0.3) is 5.91 Å². The van der Waals surface area contributed by atoms with Crippen LogP contribution in [0.3, 0.4) is 0 Å². The molecule has 4 nitrogen and oxygen atoms in total. The van der Waals surface area contributed by atoms with Crippen molar-refractivity contribution in [1.29, 1.82) is 0 Å². The fraction of sp³-hybridized carbons (Fsp3) is 0.222. The Balaban J connectivity index is 2.25. The number of aryl methyl sites for hydroxylation is 2. The third kappa shape index (κ3) is 3.52. The first-order valence-corrected chi connectivity index (χ1v) is 7.17. The molecule has 0 aliphatic rings. The van der Waals surface area contributed by atoms with E-state index in [0.29, 0.717) is 23.4 Å². The van der Waals surface area contributed by atoms with Crippen LogP contribution in [-0.4, -0.2) is 18.5 Å². The predicted molar refractivity (Wildman–Crippen MR) is 86.3 cm³/mol. The van der Waals surface area contributed by atoms with Crippen LogP contribution in [0.1, 0.15) is 38.8 Å². The van der Waals surface area contributed by atoms with E-state index in [1.807, 2.05) is 32.0 Å². The van der Waals surface area contributed by atoms with Crippen LogP contribution in [0.5, 0.6) is 0 Å². The maximum absolute atomic E-state index is 12.4. The van der Waals surface area contributed by atoms with E-state index in [-0.39, 0.29) is 5.91 Å². The third-order valence-corrected chi connectivity index (χ3v) is 3.39. The molecule has 0 saturated carbocycles. The predicted octanol–water partition coefficient (Wildman–Crippen LogP) is 3.73. The summed E-state index contributed by atoms with van der Waals surface area (Å²) in [7, 11) is 0. The average molecular weight is 297 g/mol. The molecule has 0 saturated heterocycles. The Labute approximate surface area is 130 Å². The van der Waals surface area contributed by atoms with Crippen LogP contribution in [0.15, 0.2) is 42.5 Å². The molecule has 0 heterocycles. The van der Waals surface area contributed by atoms with Gasteiger partial charge in [-0.1, -0.05) is 24.3 Å². The number of carbonyl (C=O) groups is 2. The fourth-order valence-corrected chi connectivity index (χ4v) is 2.12. The van der Waals surface area contributed by atoms with Gasteiger partial charge in [0.2, 0.25) is 0 Å². The summed E-state index contributed by atoms with van der Waals surface area (Å²) in [5, 5.41) is 2.86. The molecule has 0 unspecified atom stereocenters. The topological polar surface area (TPSA) is 55.4 Å². The lowest BCUT2D eigenvalue weighted by Crippen LogP contribution is -2.15. The summed E-state index contributed by atoms with van der Waals surface area (Å²) < 4.78 is 4.98. The molecule has 4 heteroatoms. The molecule has 0 spiro atoms. The number of nitrogens with one attached hydrogen (secondary N) is 1. The molecule has 0 fully saturated rings. The number of amides is 1. The van der Waals surface area contributed by atoms with E-state index in [4.69, 9.17) is 4.74 Å². The minimum absolute atomic E-state index is 0.192. The first kappa shape index (κ1) is 15.8. The SMILES string of the molecule is CCOC(=O)c1ccc(C)c(NC(=O)c2ccccc2C)c1. The minimum Gasteiger partial charge on any atom is -0.462 e. The van der Waals surface area contributed by atoms with Crippen molar-refractivity contribution in [3.63, 3.8) is 0 Å². The number of esters is 1. The summed E-state index contributed by atoms with van der Waals surface area (Å²) in [5.74, 6) is -0.587. The molecule has 2 aromatic rings. The Kier molecular flexibility index (Phi) is 4.94. The van der Waals surface area contributed by atoms with Crippen LogP contribution in [0.4, 0.5) is 5.69 Å². The Morgan fingerprint density at radius 1 is 1.05 bits per heavy atom. The van der Waals surface area contributed by atoms with E-state index in [0.717, 1.165) is 11.1 Å². The second-order valence-corrected chi connectivity index (χ2v) is 5.02. The number of hydrogen-bond donors (Lipinski definition) is 1. The molecule has 0 radical (unpaired) electrons. The molecule has 1 amide bonds. The summed E-state index contributed by atoms with van der Waals surface area (Å²) in [5.41, 5.74) is 3.43. The Morgan fingerprint density at radius 3 is 2.45 bits per heavy atom. The van der Waals surface area contributed by atoms with Gasteiger partial charge >= 0.3 is 5.97 Å². The fourth-order valence-electron chi connectivity index (χ4n) is 2.12. The van der Waals surface area contributed by atoms with Crippen molar-refractivity contribution in [1.82, 2.24) is 0 Å². The maximum Gasteiger partial charge on any atom is 0.338 e. The highest BCUT2D eigenvalue weighted by atomic mass is 16.5. The van der Waals surface area contributed by atoms with Crippen LogP contribution < -0.4 is 5.32 Å². The van der Waals surface area contributed by atoms with Crippen molar-refractivity contribution in [2.45, 2.75) is 20.8 Å². The summed E-state index contributed by atoms with van der Waals surface area (Å²) in [6.45, 7) is 5.84. The highest BCUT2D eigenvalue weighted by molar-refractivity contribution is 6.06. The molecule has 0 aromatic heterocycles. The van der Waals surface area contributed by atoms with Crippen molar-refractivity contribution >= 4 is 17.6 Å². The number of benzene rings is 2. The van der Waals surface area contributed by atoms with Crippen molar-refractivity contribution in [2.24, 2.45) is 0 Å². The molecule has 1 N–H and O–H groups in total. The lowest BCUT2D eigenvalue weighted by atomic mass is 10.1.